The average Bonchev–Trinajstić information content (AvgIpc) is 2.66. The highest BCUT2D eigenvalue weighted by Crippen LogP contribution is 2.43. The van der Waals surface area contributed by atoms with Crippen LogP contribution in [-0.4, -0.2) is 129 Å². The predicted molar refractivity (Wildman–Crippen MR) is 292 cm³/mol. The van der Waals surface area contributed by atoms with Gasteiger partial charge in [0.05, 0.1) is 25.3 Å². The van der Waals surface area contributed by atoms with Gasteiger partial charge in [-0.1, -0.05) is 44.4 Å². The molecule has 0 aliphatic carbocycles. The summed E-state index contributed by atoms with van der Waals surface area (Å²) in [5.74, 6) is -2.35. The fourth-order valence-electron chi connectivity index (χ4n) is 10.4. The zero-order valence-electron chi connectivity index (χ0n) is 46.4. The second-order valence-electron chi connectivity index (χ2n) is 21.8. The number of aromatic nitrogens is 4. The number of halogens is 3. The smallest absolute Gasteiger partial charge is 0.416 e. The minimum Gasteiger partial charge on any atom is -0.444 e. The first kappa shape index (κ1) is 59.9. The van der Waals surface area contributed by atoms with Gasteiger partial charge >= 0.3 is 12.3 Å². The number of rotatable bonds is 24. The van der Waals surface area contributed by atoms with Crippen LogP contribution in [0.25, 0.3) is 10.4 Å². The molecule has 0 saturated carbocycles. The van der Waals surface area contributed by atoms with Gasteiger partial charge in [0, 0.05) is 86.3 Å². The molecule has 3 atom stereocenters. The van der Waals surface area contributed by atoms with Crippen molar-refractivity contribution >= 4 is 58.9 Å². The largest absolute Gasteiger partial charge is 0.444 e. The minimum atomic E-state index is -4.78. The number of amides is 7. The van der Waals surface area contributed by atoms with Crippen molar-refractivity contribution in [3.05, 3.63) is 117 Å². The summed E-state index contributed by atoms with van der Waals surface area (Å²) >= 11 is 0. The van der Waals surface area contributed by atoms with Gasteiger partial charge in [0.1, 0.15) is 42.5 Å². The molecule has 2 saturated heterocycles. The van der Waals surface area contributed by atoms with E-state index >= 15 is 0 Å². The van der Waals surface area contributed by atoms with Crippen LogP contribution in [0.3, 0.4) is 0 Å². The third-order valence-corrected chi connectivity index (χ3v) is 15.1. The summed E-state index contributed by atoms with van der Waals surface area (Å²) in [6.07, 6.45) is 2.17. The number of anilines is 3. The van der Waals surface area contributed by atoms with E-state index in [1.165, 1.54) is 30.0 Å². The van der Waals surface area contributed by atoms with Crippen molar-refractivity contribution in [2.24, 2.45) is 24.0 Å². The molecule has 82 heavy (non-hydrogen) atoms. The first-order valence-corrected chi connectivity index (χ1v) is 27.3. The Hall–Kier alpha value is -8.22. The van der Waals surface area contributed by atoms with Gasteiger partial charge in [-0.15, -0.1) is 10.2 Å². The molecule has 6 heterocycles. The predicted octanol–water partition coefficient (Wildman–Crippen LogP) is 6.65. The van der Waals surface area contributed by atoms with Crippen LogP contribution in [0.2, 0.25) is 0 Å². The van der Waals surface area contributed by atoms with E-state index in [1.807, 2.05) is 0 Å². The molecule has 2 unspecified atom stereocenters. The zero-order valence-corrected chi connectivity index (χ0v) is 46.4. The fraction of sp³-hybridized carbons (Fsp3) is 0.500. The molecule has 0 bridgehead atoms. The van der Waals surface area contributed by atoms with Gasteiger partial charge in [0.2, 0.25) is 17.7 Å². The molecule has 8 rings (SSSR count). The summed E-state index contributed by atoms with van der Waals surface area (Å²) in [7, 11) is 1.78. The SMILES string of the molecule is CC(NC(=O)C(NC(=O)CCCCCN1C(=O)C=CC1=O)C(C)C)C(=O)Nc1ccc(COC(=O)N(CCN=[N+]=[N-])c2cc(C3(Cc4nncn4C)COC3)cc(N3Cc4c(cc(CN5CCC[C@@H](C)C5)cc4C(F)(F)F)C3=O)n2)cc1. The number of piperidine rings is 1. The Kier molecular flexibility index (Phi) is 19.1. The molecule has 2 aromatic heterocycles. The van der Waals surface area contributed by atoms with Gasteiger partial charge in [-0.05, 0) is 115 Å². The monoisotopic (exact) mass is 1140 g/mol. The lowest BCUT2D eigenvalue weighted by atomic mass is 9.75. The Balaban J connectivity index is 0.948. The Morgan fingerprint density at radius 1 is 0.976 bits per heavy atom. The van der Waals surface area contributed by atoms with Crippen LogP contribution in [0.5, 0.6) is 0 Å². The number of nitrogens with zero attached hydrogens (tertiary/aromatic N) is 11. The molecule has 0 radical (unpaired) electrons. The molecule has 7 amide bonds. The number of carbonyl (C=O) groups is 7. The number of benzene rings is 2. The number of alkyl halides is 3. The van der Waals surface area contributed by atoms with Gasteiger partial charge in [0.15, 0.2) is 0 Å². The molecule has 3 N–H and O–H groups in total. The van der Waals surface area contributed by atoms with Crippen LogP contribution in [0.4, 0.5) is 35.3 Å². The number of ether oxygens (including phenoxy) is 2. The quantitative estimate of drug-likeness (QED) is 0.0218. The van der Waals surface area contributed by atoms with Crippen LogP contribution < -0.4 is 25.8 Å². The highest BCUT2D eigenvalue weighted by Gasteiger charge is 2.45. The van der Waals surface area contributed by atoms with Gasteiger partial charge in [-0.2, -0.15) is 13.2 Å². The maximum absolute atomic E-state index is 15.0. The first-order valence-electron chi connectivity index (χ1n) is 27.3. The van der Waals surface area contributed by atoms with Crippen molar-refractivity contribution in [2.75, 3.05) is 61.1 Å². The van der Waals surface area contributed by atoms with Gasteiger partial charge in [-0.3, -0.25) is 48.4 Å². The molecular formula is C56H67F3N14O9. The Morgan fingerprint density at radius 3 is 2.37 bits per heavy atom. The second-order valence-corrected chi connectivity index (χ2v) is 21.8. The van der Waals surface area contributed by atoms with Crippen LogP contribution >= 0.6 is 0 Å². The van der Waals surface area contributed by atoms with Crippen molar-refractivity contribution in [3.8, 4) is 0 Å². The Bertz CT molecular complexity index is 3120. The Labute approximate surface area is 471 Å². The summed E-state index contributed by atoms with van der Waals surface area (Å²) in [6, 6.07) is 10.2. The summed E-state index contributed by atoms with van der Waals surface area (Å²) in [5, 5.41) is 20.1. The summed E-state index contributed by atoms with van der Waals surface area (Å²) in [5.41, 5.74) is 8.97. The maximum Gasteiger partial charge on any atom is 0.416 e. The van der Waals surface area contributed by atoms with E-state index < -0.39 is 59.6 Å². The third kappa shape index (κ3) is 14.4. The number of unbranched alkanes of at least 4 members (excludes halogenated alkanes) is 2. The molecule has 4 aromatic rings. The molecular weight excluding hydrogens is 1070 g/mol. The van der Waals surface area contributed by atoms with Gasteiger partial charge in [-0.25, -0.2) is 9.78 Å². The number of hydrogen-bond acceptors (Lipinski definition) is 14. The highest BCUT2D eigenvalue weighted by atomic mass is 19.4. The maximum atomic E-state index is 15.0. The number of imide groups is 1. The fourth-order valence-corrected chi connectivity index (χ4v) is 10.4. The lowest BCUT2D eigenvalue weighted by Gasteiger charge is -2.42. The topological polar surface area (TPSA) is 279 Å². The van der Waals surface area contributed by atoms with Crippen molar-refractivity contribution in [3.63, 3.8) is 0 Å². The summed E-state index contributed by atoms with van der Waals surface area (Å²) in [6.45, 7) is 8.14. The number of nitrogens with one attached hydrogen (secondary N) is 3. The number of likely N-dealkylation sites (tertiary alicyclic amines) is 1. The standard InChI is InChI=1S/C56H67F3N14O9/c1-34(2)50(66-47(74)11-7-6-8-20-72-48(75)16-17-49(72)76)52(78)63-36(4)51(77)64-40-14-12-37(13-15-40)30-82-54(80)71(21-18-61-68-60)44-24-39(55(31-81-32-55)26-46-67-62-33-69(46)5)25-45(65-44)73-29-42-41(53(73)79)22-38(23-43(42)56(57,58)59)28-70-19-9-10-35(3)27-70/h12-17,22-25,33-36,50H,6-11,18-21,26-32H2,1-5H3,(H,63,78)(H,64,77)(H,66,74)/t35-,36?,50?/m1/s1. The molecule has 2 fully saturated rings. The summed E-state index contributed by atoms with van der Waals surface area (Å²) in [4.78, 5) is 105. The van der Waals surface area contributed by atoms with E-state index in [0.717, 1.165) is 41.8 Å². The van der Waals surface area contributed by atoms with Gasteiger partial charge < -0.3 is 30.0 Å². The van der Waals surface area contributed by atoms with Crippen LogP contribution in [0.15, 0.2) is 72.1 Å². The highest BCUT2D eigenvalue weighted by molar-refractivity contribution is 6.13. The van der Waals surface area contributed by atoms with E-state index in [1.54, 1.807) is 68.2 Å². The second kappa shape index (κ2) is 26.1. The molecule has 23 nitrogen and oxygen atoms in total. The van der Waals surface area contributed by atoms with E-state index in [-0.39, 0.29) is 98.8 Å². The first-order chi connectivity index (χ1) is 39.1. The van der Waals surface area contributed by atoms with Gasteiger partial charge in [0.25, 0.3) is 17.7 Å². The lowest BCUT2D eigenvalue weighted by Crippen LogP contribution is -2.53. The lowest BCUT2D eigenvalue weighted by molar-refractivity contribution is -0.138. The van der Waals surface area contributed by atoms with Crippen molar-refractivity contribution in [2.45, 2.75) is 116 Å². The van der Waals surface area contributed by atoms with Crippen molar-refractivity contribution in [1.29, 1.82) is 0 Å². The third-order valence-electron chi connectivity index (χ3n) is 15.1. The molecule has 436 valence electrons. The van der Waals surface area contributed by atoms with E-state index in [0.29, 0.717) is 59.8 Å². The molecule has 2 aromatic carbocycles. The molecule has 4 aliphatic rings. The van der Waals surface area contributed by atoms with Crippen molar-refractivity contribution in [1.82, 2.24) is 40.2 Å². The minimum absolute atomic E-state index is 0.0385. The van der Waals surface area contributed by atoms with Crippen LogP contribution in [0.1, 0.15) is 110 Å². The number of carbonyl (C=O) groups excluding carboxylic acids is 7. The number of fused-ring (bicyclic) bond motifs is 1. The molecule has 0 spiro atoms. The number of aryl methyl sites for hydroxylation is 1. The molecule has 4 aliphatic heterocycles. The number of pyridine rings is 1. The Morgan fingerprint density at radius 2 is 1.72 bits per heavy atom. The normalized spacial score (nSPS) is 17.5. The number of hydrogen-bond donors (Lipinski definition) is 3. The van der Waals surface area contributed by atoms with E-state index in [2.05, 4.69) is 48.0 Å². The van der Waals surface area contributed by atoms with E-state index in [9.17, 15) is 52.3 Å². The summed E-state index contributed by atoms with van der Waals surface area (Å²) < 4.78 is 58.2. The number of azide groups is 1. The van der Waals surface area contributed by atoms with Crippen LogP contribution in [-0.2, 0) is 78.2 Å². The van der Waals surface area contributed by atoms with Crippen molar-refractivity contribution < 1.29 is 56.2 Å². The average molecular weight is 1140 g/mol. The van der Waals surface area contributed by atoms with Crippen LogP contribution in [0, 0.1) is 11.8 Å². The molecule has 26 heteroatoms. The zero-order chi connectivity index (χ0) is 58.9. The van der Waals surface area contributed by atoms with E-state index in [4.69, 9.17) is 14.5 Å².